The van der Waals surface area contributed by atoms with Crippen LogP contribution in [0.5, 0.6) is 0 Å². The van der Waals surface area contributed by atoms with Crippen LogP contribution in [0.15, 0.2) is 18.5 Å². The van der Waals surface area contributed by atoms with Gasteiger partial charge in [-0.1, -0.05) is 13.8 Å². The highest BCUT2D eigenvalue weighted by Gasteiger charge is 2.43. The van der Waals surface area contributed by atoms with Gasteiger partial charge in [-0.2, -0.15) is 5.10 Å². The van der Waals surface area contributed by atoms with Crippen LogP contribution in [0, 0.1) is 0 Å². The van der Waals surface area contributed by atoms with Gasteiger partial charge in [-0.25, -0.2) is 13.1 Å². The third-order valence-corrected chi connectivity index (χ3v) is 9.22. The van der Waals surface area contributed by atoms with Crippen LogP contribution in [0.3, 0.4) is 0 Å². The number of nitrogens with zero attached hydrogens (tertiary/aromatic N) is 3. The number of piperidine rings is 1. The third kappa shape index (κ3) is 4.50. The normalized spacial score (nSPS) is 21.8. The van der Waals surface area contributed by atoms with Crippen molar-refractivity contribution in [3.8, 4) is 0 Å². The number of sulfonamides is 1. The van der Waals surface area contributed by atoms with Crippen molar-refractivity contribution in [2.24, 2.45) is 0 Å². The second kappa shape index (κ2) is 8.70. The summed E-state index contributed by atoms with van der Waals surface area (Å²) in [6.45, 7) is 8.50. The second-order valence-corrected chi connectivity index (χ2v) is 11.7. The lowest BCUT2D eigenvalue weighted by atomic mass is 9.80. The maximum atomic E-state index is 11.6. The molecule has 4 heterocycles. The highest BCUT2D eigenvalue weighted by atomic mass is 32.2. The number of likely N-dealkylation sites (tertiary alicyclic amines) is 1. The zero-order chi connectivity index (χ0) is 21.4. The summed E-state index contributed by atoms with van der Waals surface area (Å²) in [4.78, 5) is 5.45. The fraction of sp³-hybridized carbons (Fsp3) is 0.667. The molecular weight excluding hydrogens is 420 g/mol. The molecule has 2 aromatic rings. The maximum Gasteiger partial charge on any atom is 0.213 e. The number of ether oxygens (including phenoxy) is 1. The molecule has 2 aromatic heterocycles. The van der Waals surface area contributed by atoms with Crippen LogP contribution in [0.4, 0.5) is 0 Å². The zero-order valence-corrected chi connectivity index (χ0v) is 19.7. The van der Waals surface area contributed by atoms with Gasteiger partial charge in [0.25, 0.3) is 0 Å². The predicted molar refractivity (Wildman–Crippen MR) is 119 cm³/mol. The van der Waals surface area contributed by atoms with Crippen LogP contribution in [0.1, 0.15) is 53.5 Å². The van der Waals surface area contributed by atoms with E-state index in [9.17, 15) is 8.42 Å². The molecule has 30 heavy (non-hydrogen) atoms. The molecule has 166 valence electrons. The lowest BCUT2D eigenvalue weighted by Crippen LogP contribution is -2.46. The van der Waals surface area contributed by atoms with Crippen LogP contribution in [0.25, 0.3) is 0 Å². The van der Waals surface area contributed by atoms with Crippen LogP contribution in [-0.4, -0.2) is 55.6 Å². The van der Waals surface area contributed by atoms with Gasteiger partial charge in [0.15, 0.2) is 0 Å². The van der Waals surface area contributed by atoms with Gasteiger partial charge >= 0.3 is 0 Å². The molecule has 1 unspecified atom stereocenters. The van der Waals surface area contributed by atoms with Crippen LogP contribution in [0.2, 0.25) is 0 Å². The largest absolute Gasteiger partial charge is 0.369 e. The average Bonchev–Trinajstić information content (AvgIpc) is 3.39. The molecular formula is C21H32N4O3S2. The molecule has 0 aromatic carbocycles. The van der Waals surface area contributed by atoms with E-state index < -0.39 is 10.0 Å². The van der Waals surface area contributed by atoms with Gasteiger partial charge < -0.3 is 4.74 Å². The van der Waals surface area contributed by atoms with E-state index in [1.54, 1.807) is 4.68 Å². The predicted octanol–water partition coefficient (Wildman–Crippen LogP) is 2.68. The Balaban J connectivity index is 1.37. The van der Waals surface area contributed by atoms with Crippen molar-refractivity contribution < 1.29 is 13.2 Å². The van der Waals surface area contributed by atoms with E-state index in [0.717, 1.165) is 51.1 Å². The van der Waals surface area contributed by atoms with Crippen molar-refractivity contribution >= 4 is 21.4 Å². The molecule has 1 spiro atoms. The summed E-state index contributed by atoms with van der Waals surface area (Å²) >= 11 is 1.97. The van der Waals surface area contributed by atoms with E-state index in [-0.39, 0.29) is 11.4 Å². The van der Waals surface area contributed by atoms with E-state index in [0.29, 0.717) is 12.5 Å². The zero-order valence-electron chi connectivity index (χ0n) is 18.1. The summed E-state index contributed by atoms with van der Waals surface area (Å²) in [5, 5.41) is 4.33. The van der Waals surface area contributed by atoms with Crippen molar-refractivity contribution in [2.45, 2.75) is 57.7 Å². The van der Waals surface area contributed by atoms with Gasteiger partial charge in [-0.05, 0) is 37.9 Å². The van der Waals surface area contributed by atoms with E-state index in [4.69, 9.17) is 4.74 Å². The van der Waals surface area contributed by atoms with Gasteiger partial charge in [-0.3, -0.25) is 9.58 Å². The summed E-state index contributed by atoms with van der Waals surface area (Å²) in [5.41, 5.74) is 2.45. The topological polar surface area (TPSA) is 76.5 Å². The fourth-order valence-corrected chi connectivity index (χ4v) is 6.32. The van der Waals surface area contributed by atoms with E-state index in [2.05, 4.69) is 34.6 Å². The Bertz CT molecular complexity index is 974. The Morgan fingerprint density at radius 2 is 2.13 bits per heavy atom. The number of thiophene rings is 1. The highest BCUT2D eigenvalue weighted by molar-refractivity contribution is 7.89. The fourth-order valence-electron chi connectivity index (χ4n) is 4.46. The molecule has 1 N–H and O–H groups in total. The smallest absolute Gasteiger partial charge is 0.213 e. The van der Waals surface area contributed by atoms with E-state index >= 15 is 0 Å². The second-order valence-electron chi connectivity index (χ2n) is 8.46. The van der Waals surface area contributed by atoms with E-state index in [1.807, 2.05) is 23.7 Å². The summed E-state index contributed by atoms with van der Waals surface area (Å²) in [7, 11) is -1.78. The summed E-state index contributed by atoms with van der Waals surface area (Å²) in [6.07, 6.45) is 6.92. The number of fused-ring (bicyclic) bond motifs is 2. The molecule has 2 aliphatic rings. The number of aromatic nitrogens is 2. The van der Waals surface area contributed by atoms with Crippen molar-refractivity contribution in [3.63, 3.8) is 0 Å². The van der Waals surface area contributed by atoms with Gasteiger partial charge in [0.2, 0.25) is 10.0 Å². The van der Waals surface area contributed by atoms with Crippen molar-refractivity contribution in [1.82, 2.24) is 19.4 Å². The first kappa shape index (κ1) is 22.0. The van der Waals surface area contributed by atoms with Crippen LogP contribution < -0.4 is 4.72 Å². The first-order valence-corrected chi connectivity index (χ1v) is 13.2. The number of hydrogen-bond acceptors (Lipinski definition) is 6. The number of hydrogen-bond donors (Lipinski definition) is 1. The van der Waals surface area contributed by atoms with Crippen molar-refractivity contribution in [3.05, 3.63) is 39.3 Å². The number of nitrogens with one attached hydrogen (secondary N) is 1. The highest BCUT2D eigenvalue weighted by Crippen LogP contribution is 2.48. The molecule has 0 radical (unpaired) electrons. The molecule has 2 aliphatic heterocycles. The van der Waals surface area contributed by atoms with Gasteiger partial charge in [0.1, 0.15) is 0 Å². The van der Waals surface area contributed by atoms with Crippen LogP contribution >= 0.6 is 11.3 Å². The number of aryl methyl sites for hydroxylation is 2. The molecule has 7 nitrogen and oxygen atoms in total. The molecule has 0 aliphatic carbocycles. The standard InChI is InChI=1S/C21H32N4O3S2/c1-4-18-11-19-20(29-18)16(2)15-28-21(19)5-7-24(8-6-21)13-17-12-23-25(14-17)9-10-30(26,27)22-3/h11-12,14,16,22H,4-10,13,15H2,1-3H3. The van der Waals surface area contributed by atoms with Gasteiger partial charge in [0, 0.05) is 47.1 Å². The molecule has 1 atom stereocenters. The Morgan fingerprint density at radius 1 is 1.37 bits per heavy atom. The Labute approximate surface area is 183 Å². The van der Waals surface area contributed by atoms with Crippen LogP contribution in [-0.2, 0) is 39.9 Å². The Hall–Kier alpha value is -1.26. The summed E-state index contributed by atoms with van der Waals surface area (Å²) < 4.78 is 33.7. The third-order valence-electron chi connectivity index (χ3n) is 6.37. The van der Waals surface area contributed by atoms with Gasteiger partial charge in [-0.15, -0.1) is 11.3 Å². The lowest BCUT2D eigenvalue weighted by molar-refractivity contribution is -0.104. The monoisotopic (exact) mass is 452 g/mol. The molecule has 0 saturated carbocycles. The molecule has 9 heteroatoms. The Morgan fingerprint density at radius 3 is 2.83 bits per heavy atom. The summed E-state index contributed by atoms with van der Waals surface area (Å²) in [5.74, 6) is 0.529. The molecule has 4 rings (SSSR count). The molecule has 0 amide bonds. The summed E-state index contributed by atoms with van der Waals surface area (Å²) in [6, 6.07) is 2.40. The number of rotatable bonds is 7. The van der Waals surface area contributed by atoms with E-state index in [1.165, 1.54) is 22.4 Å². The lowest BCUT2D eigenvalue weighted by Gasteiger charge is -2.45. The minimum Gasteiger partial charge on any atom is -0.369 e. The quantitative estimate of drug-likeness (QED) is 0.699. The first-order valence-electron chi connectivity index (χ1n) is 10.8. The van der Waals surface area contributed by atoms with Crippen molar-refractivity contribution in [1.29, 1.82) is 0 Å². The minimum absolute atomic E-state index is 0.0370. The first-order chi connectivity index (χ1) is 14.3. The SMILES string of the molecule is CCc1cc2c(s1)C(C)COC21CCN(Cc2cnn(CCS(=O)(=O)NC)c2)CC1. The Kier molecular flexibility index (Phi) is 6.37. The minimum atomic E-state index is -3.21. The van der Waals surface area contributed by atoms with Gasteiger partial charge in [0.05, 0.1) is 30.7 Å². The maximum absolute atomic E-state index is 11.6. The average molecular weight is 453 g/mol. The van der Waals surface area contributed by atoms with Crippen molar-refractivity contribution in [2.75, 3.05) is 32.5 Å². The molecule has 1 fully saturated rings. The molecule has 1 saturated heterocycles. The molecule has 0 bridgehead atoms.